The first-order chi connectivity index (χ1) is 7.97. The molecule has 1 aliphatic carbocycles. The number of aliphatic hydroxyl groups is 1. The first kappa shape index (κ1) is 14.4. The minimum atomic E-state index is -1.01. The summed E-state index contributed by atoms with van der Waals surface area (Å²) in [7, 11) is 0. The van der Waals surface area contributed by atoms with Crippen LogP contribution >= 0.6 is 0 Å². The van der Waals surface area contributed by atoms with Crippen molar-refractivity contribution in [1.82, 2.24) is 5.32 Å². The van der Waals surface area contributed by atoms with Gasteiger partial charge in [-0.1, -0.05) is 13.3 Å². The highest BCUT2D eigenvalue weighted by Crippen LogP contribution is 2.33. The predicted octanol–water partition coefficient (Wildman–Crippen LogP) is 0.319. The van der Waals surface area contributed by atoms with Gasteiger partial charge in [-0.25, -0.2) is 0 Å². The number of nitrogens with two attached hydrogens (primary N) is 1. The SMILES string of the molecule is CCC1CCC(O)(CNCC(N)C(=O)O)CC1. The molecule has 5 N–H and O–H groups in total. The number of aliphatic carboxylic acids is 1. The van der Waals surface area contributed by atoms with Gasteiger partial charge in [0.2, 0.25) is 0 Å². The maximum Gasteiger partial charge on any atom is 0.321 e. The number of rotatable bonds is 6. The van der Waals surface area contributed by atoms with Gasteiger partial charge in [-0.15, -0.1) is 0 Å². The second-order valence-electron chi connectivity index (χ2n) is 5.15. The van der Waals surface area contributed by atoms with Crippen LogP contribution in [0.5, 0.6) is 0 Å². The molecule has 1 atom stereocenters. The highest BCUT2D eigenvalue weighted by atomic mass is 16.4. The summed E-state index contributed by atoms with van der Waals surface area (Å²) in [5.74, 6) is -0.282. The molecule has 0 heterocycles. The molecule has 1 fully saturated rings. The summed E-state index contributed by atoms with van der Waals surface area (Å²) < 4.78 is 0. The third kappa shape index (κ3) is 4.61. The van der Waals surface area contributed by atoms with E-state index in [0.29, 0.717) is 6.54 Å². The molecule has 5 heteroatoms. The van der Waals surface area contributed by atoms with Gasteiger partial charge in [0.25, 0.3) is 0 Å². The van der Waals surface area contributed by atoms with Crippen LogP contribution in [0.25, 0.3) is 0 Å². The highest BCUT2D eigenvalue weighted by Gasteiger charge is 2.32. The van der Waals surface area contributed by atoms with Crippen LogP contribution in [0.15, 0.2) is 0 Å². The molecule has 0 spiro atoms. The van der Waals surface area contributed by atoms with E-state index in [4.69, 9.17) is 10.8 Å². The number of hydrogen-bond acceptors (Lipinski definition) is 4. The van der Waals surface area contributed by atoms with Gasteiger partial charge in [-0.05, 0) is 31.6 Å². The first-order valence-electron chi connectivity index (χ1n) is 6.38. The quantitative estimate of drug-likeness (QED) is 0.539. The van der Waals surface area contributed by atoms with Crippen molar-refractivity contribution in [3.63, 3.8) is 0 Å². The lowest BCUT2D eigenvalue weighted by atomic mass is 9.78. The van der Waals surface area contributed by atoms with Crippen LogP contribution in [0.1, 0.15) is 39.0 Å². The van der Waals surface area contributed by atoms with Gasteiger partial charge in [-0.2, -0.15) is 0 Å². The molecule has 0 radical (unpaired) electrons. The van der Waals surface area contributed by atoms with Gasteiger partial charge in [0.15, 0.2) is 0 Å². The van der Waals surface area contributed by atoms with E-state index in [1.807, 2.05) is 0 Å². The molecule has 1 unspecified atom stereocenters. The Morgan fingerprint density at radius 2 is 2.12 bits per heavy atom. The van der Waals surface area contributed by atoms with Crippen LogP contribution in [-0.2, 0) is 4.79 Å². The molecule has 1 saturated carbocycles. The molecule has 17 heavy (non-hydrogen) atoms. The Kier molecular flexibility index (Phi) is 5.36. The van der Waals surface area contributed by atoms with Crippen molar-refractivity contribution in [2.24, 2.45) is 11.7 Å². The molecule has 1 aliphatic rings. The topological polar surface area (TPSA) is 95.6 Å². The lowest BCUT2D eigenvalue weighted by Gasteiger charge is -2.36. The molecule has 0 aromatic rings. The van der Waals surface area contributed by atoms with E-state index in [1.54, 1.807) is 0 Å². The monoisotopic (exact) mass is 244 g/mol. The van der Waals surface area contributed by atoms with Crippen molar-refractivity contribution < 1.29 is 15.0 Å². The van der Waals surface area contributed by atoms with E-state index in [2.05, 4.69) is 12.2 Å². The zero-order valence-corrected chi connectivity index (χ0v) is 10.5. The van der Waals surface area contributed by atoms with Gasteiger partial charge >= 0.3 is 5.97 Å². The van der Waals surface area contributed by atoms with Gasteiger partial charge in [0, 0.05) is 13.1 Å². The van der Waals surface area contributed by atoms with Crippen LogP contribution in [0, 0.1) is 5.92 Å². The van der Waals surface area contributed by atoms with Crippen molar-refractivity contribution in [2.45, 2.75) is 50.7 Å². The van der Waals surface area contributed by atoms with Crippen LogP contribution < -0.4 is 11.1 Å². The van der Waals surface area contributed by atoms with E-state index in [0.717, 1.165) is 31.6 Å². The van der Waals surface area contributed by atoms with Crippen molar-refractivity contribution in [3.05, 3.63) is 0 Å². The largest absolute Gasteiger partial charge is 0.480 e. The standard InChI is InChI=1S/C12H24N2O3/c1-2-9-3-5-12(17,6-4-9)8-14-7-10(13)11(15)16/h9-10,14,17H,2-8,13H2,1H3,(H,15,16). The Bertz CT molecular complexity index is 250. The predicted molar refractivity (Wildman–Crippen MR) is 65.7 cm³/mol. The fourth-order valence-corrected chi connectivity index (χ4v) is 2.35. The van der Waals surface area contributed by atoms with E-state index in [1.165, 1.54) is 6.42 Å². The Hall–Kier alpha value is -0.650. The van der Waals surface area contributed by atoms with Crippen molar-refractivity contribution >= 4 is 5.97 Å². The lowest BCUT2D eigenvalue weighted by molar-refractivity contribution is -0.138. The Labute approximate surface area is 102 Å². The average molecular weight is 244 g/mol. The van der Waals surface area contributed by atoms with Crippen molar-refractivity contribution in [1.29, 1.82) is 0 Å². The van der Waals surface area contributed by atoms with Gasteiger partial charge in [0.1, 0.15) is 6.04 Å². The summed E-state index contributed by atoms with van der Waals surface area (Å²) in [5, 5.41) is 21.9. The fraction of sp³-hybridized carbons (Fsp3) is 0.917. The molecule has 0 aromatic heterocycles. The zero-order valence-electron chi connectivity index (χ0n) is 10.5. The van der Waals surface area contributed by atoms with Crippen LogP contribution in [0.4, 0.5) is 0 Å². The summed E-state index contributed by atoms with van der Waals surface area (Å²) >= 11 is 0. The second kappa shape index (κ2) is 6.33. The first-order valence-corrected chi connectivity index (χ1v) is 6.38. The van der Waals surface area contributed by atoms with E-state index >= 15 is 0 Å². The lowest BCUT2D eigenvalue weighted by Crippen LogP contribution is -2.48. The minimum absolute atomic E-state index is 0.203. The summed E-state index contributed by atoms with van der Waals surface area (Å²) in [5.41, 5.74) is 4.70. The molecule has 0 saturated heterocycles. The smallest absolute Gasteiger partial charge is 0.321 e. The summed E-state index contributed by atoms with van der Waals surface area (Å²) in [6.45, 7) is 2.82. The number of carboxylic acids is 1. The summed E-state index contributed by atoms with van der Waals surface area (Å²) in [4.78, 5) is 10.5. The molecule has 100 valence electrons. The fourth-order valence-electron chi connectivity index (χ4n) is 2.35. The van der Waals surface area contributed by atoms with Crippen molar-refractivity contribution in [3.8, 4) is 0 Å². The molecule has 0 aromatic carbocycles. The minimum Gasteiger partial charge on any atom is -0.480 e. The number of carboxylic acid groups (broad SMARTS) is 1. The van der Waals surface area contributed by atoms with E-state index in [-0.39, 0.29) is 6.54 Å². The Balaban J connectivity index is 2.25. The third-order valence-electron chi connectivity index (χ3n) is 3.75. The molecule has 1 rings (SSSR count). The van der Waals surface area contributed by atoms with E-state index < -0.39 is 17.6 Å². The number of nitrogens with one attached hydrogen (secondary N) is 1. The van der Waals surface area contributed by atoms with Gasteiger partial charge in [0.05, 0.1) is 5.60 Å². The maximum absolute atomic E-state index is 10.5. The van der Waals surface area contributed by atoms with Crippen molar-refractivity contribution in [2.75, 3.05) is 13.1 Å². The Morgan fingerprint density at radius 3 is 2.59 bits per heavy atom. The average Bonchev–Trinajstić information content (AvgIpc) is 2.29. The second-order valence-corrected chi connectivity index (χ2v) is 5.15. The molecular weight excluding hydrogens is 220 g/mol. The van der Waals surface area contributed by atoms with Gasteiger partial charge in [-0.3, -0.25) is 4.79 Å². The Morgan fingerprint density at radius 1 is 1.53 bits per heavy atom. The highest BCUT2D eigenvalue weighted by molar-refractivity contribution is 5.73. The molecular formula is C12H24N2O3. The summed E-state index contributed by atoms with van der Waals surface area (Å²) in [6, 6.07) is -0.898. The van der Waals surface area contributed by atoms with Crippen LogP contribution in [0.3, 0.4) is 0 Å². The number of hydrogen-bond donors (Lipinski definition) is 4. The van der Waals surface area contributed by atoms with Crippen LogP contribution in [-0.4, -0.2) is 40.9 Å². The third-order valence-corrected chi connectivity index (χ3v) is 3.75. The number of carbonyl (C=O) groups is 1. The van der Waals surface area contributed by atoms with Gasteiger partial charge < -0.3 is 21.3 Å². The zero-order chi connectivity index (χ0) is 12.9. The molecule has 0 bridgehead atoms. The molecule has 0 amide bonds. The molecule has 5 nitrogen and oxygen atoms in total. The normalized spacial score (nSPS) is 31.1. The maximum atomic E-state index is 10.5. The molecule has 0 aliphatic heterocycles. The van der Waals surface area contributed by atoms with E-state index in [9.17, 15) is 9.90 Å². The van der Waals surface area contributed by atoms with Crippen LogP contribution in [0.2, 0.25) is 0 Å². The summed E-state index contributed by atoms with van der Waals surface area (Å²) in [6.07, 6.45) is 4.87.